The second kappa shape index (κ2) is 6.35. The molecule has 1 amide bonds. The quantitative estimate of drug-likeness (QED) is 0.810. The maximum absolute atomic E-state index is 12.4. The Labute approximate surface area is 147 Å². The molecular formula is C16H17BrN4O3. The minimum absolute atomic E-state index is 0.0206. The smallest absolute Gasteiger partial charge is 0.358 e. The van der Waals surface area contributed by atoms with Gasteiger partial charge in [-0.1, -0.05) is 33.3 Å². The fourth-order valence-corrected chi connectivity index (χ4v) is 3.03. The standard InChI is InChI=1S/C16H17BrN4O3/c1-20(14(22)9-21-8-13(15(23)24)18-19-21)10-16(6-7-16)11-2-4-12(17)5-3-11/h2-5,8H,6-7,9-10H2,1H3,(H,23,24). The summed E-state index contributed by atoms with van der Waals surface area (Å²) in [6, 6.07) is 8.21. The summed E-state index contributed by atoms with van der Waals surface area (Å²) in [6.45, 7) is 0.612. The molecule has 3 rings (SSSR count). The van der Waals surface area contributed by atoms with Gasteiger partial charge in [0, 0.05) is 23.5 Å². The van der Waals surface area contributed by atoms with E-state index in [4.69, 9.17) is 5.11 Å². The third-order valence-electron chi connectivity index (χ3n) is 4.33. The summed E-state index contributed by atoms with van der Waals surface area (Å²) in [5.41, 5.74) is 1.10. The Kier molecular flexibility index (Phi) is 4.40. The highest BCUT2D eigenvalue weighted by atomic mass is 79.9. The van der Waals surface area contributed by atoms with Crippen molar-refractivity contribution in [1.82, 2.24) is 19.9 Å². The highest BCUT2D eigenvalue weighted by Gasteiger charge is 2.45. The molecule has 0 radical (unpaired) electrons. The lowest BCUT2D eigenvalue weighted by molar-refractivity contribution is -0.131. The molecule has 1 aliphatic rings. The van der Waals surface area contributed by atoms with Crippen LogP contribution >= 0.6 is 15.9 Å². The number of aromatic nitrogens is 3. The average molecular weight is 393 g/mol. The first-order valence-electron chi connectivity index (χ1n) is 7.53. The predicted molar refractivity (Wildman–Crippen MR) is 89.7 cm³/mol. The highest BCUT2D eigenvalue weighted by Crippen LogP contribution is 2.48. The van der Waals surface area contributed by atoms with E-state index >= 15 is 0 Å². The first kappa shape index (κ1) is 16.6. The van der Waals surface area contributed by atoms with E-state index in [2.05, 4.69) is 38.4 Å². The Morgan fingerprint density at radius 2 is 2.00 bits per heavy atom. The third-order valence-corrected chi connectivity index (χ3v) is 4.86. The van der Waals surface area contributed by atoms with Crippen molar-refractivity contribution in [3.8, 4) is 0 Å². The van der Waals surface area contributed by atoms with Crippen LogP contribution in [0.4, 0.5) is 0 Å². The molecule has 1 saturated carbocycles. The summed E-state index contributed by atoms with van der Waals surface area (Å²) in [7, 11) is 1.76. The van der Waals surface area contributed by atoms with Crippen LogP contribution in [0.25, 0.3) is 0 Å². The zero-order chi connectivity index (χ0) is 17.3. The molecule has 0 unspecified atom stereocenters. The fourth-order valence-electron chi connectivity index (χ4n) is 2.77. The van der Waals surface area contributed by atoms with Crippen LogP contribution in [0.2, 0.25) is 0 Å². The van der Waals surface area contributed by atoms with Gasteiger partial charge in [0.15, 0.2) is 5.69 Å². The molecule has 1 fully saturated rings. The molecule has 2 aromatic rings. The molecule has 0 atom stereocenters. The van der Waals surface area contributed by atoms with Crippen LogP contribution in [-0.4, -0.2) is 50.5 Å². The maximum Gasteiger partial charge on any atom is 0.358 e. The molecule has 0 aliphatic heterocycles. The first-order chi connectivity index (χ1) is 11.4. The molecule has 1 N–H and O–H groups in total. The SMILES string of the molecule is CN(CC1(c2ccc(Br)cc2)CC1)C(=O)Cn1cc(C(=O)O)nn1. The minimum Gasteiger partial charge on any atom is -0.476 e. The number of carboxylic acids is 1. The van der Waals surface area contributed by atoms with Crippen LogP contribution < -0.4 is 0 Å². The van der Waals surface area contributed by atoms with Gasteiger partial charge in [-0.25, -0.2) is 9.48 Å². The van der Waals surface area contributed by atoms with Crippen LogP contribution in [0.15, 0.2) is 34.9 Å². The third kappa shape index (κ3) is 3.48. The molecule has 126 valence electrons. The summed E-state index contributed by atoms with van der Waals surface area (Å²) in [5.74, 6) is -1.28. The fraction of sp³-hybridized carbons (Fsp3) is 0.375. The molecule has 0 bridgehead atoms. The van der Waals surface area contributed by atoms with E-state index in [-0.39, 0.29) is 23.6 Å². The van der Waals surface area contributed by atoms with Crippen molar-refractivity contribution in [1.29, 1.82) is 0 Å². The Bertz CT molecular complexity index is 768. The lowest BCUT2D eigenvalue weighted by Crippen LogP contribution is -2.36. The zero-order valence-corrected chi connectivity index (χ0v) is 14.7. The van der Waals surface area contributed by atoms with E-state index in [1.165, 1.54) is 16.4 Å². The normalized spacial score (nSPS) is 15.1. The van der Waals surface area contributed by atoms with Crippen molar-refractivity contribution in [2.75, 3.05) is 13.6 Å². The lowest BCUT2D eigenvalue weighted by Gasteiger charge is -2.24. The number of aromatic carboxylic acids is 1. The van der Waals surface area contributed by atoms with Crippen molar-refractivity contribution in [2.45, 2.75) is 24.8 Å². The number of amides is 1. The van der Waals surface area contributed by atoms with Gasteiger partial charge >= 0.3 is 5.97 Å². The van der Waals surface area contributed by atoms with E-state index in [1.54, 1.807) is 11.9 Å². The predicted octanol–water partition coefficient (Wildman–Crippen LogP) is 1.93. The van der Waals surface area contributed by atoms with Gasteiger partial charge < -0.3 is 10.0 Å². The summed E-state index contributed by atoms with van der Waals surface area (Å²) >= 11 is 3.43. The van der Waals surface area contributed by atoms with Crippen LogP contribution in [0, 0.1) is 0 Å². The summed E-state index contributed by atoms with van der Waals surface area (Å²) in [6.07, 6.45) is 3.37. The lowest BCUT2D eigenvalue weighted by atomic mass is 9.95. The van der Waals surface area contributed by atoms with E-state index < -0.39 is 5.97 Å². The summed E-state index contributed by atoms with van der Waals surface area (Å²) < 4.78 is 2.29. The average Bonchev–Trinajstić information content (AvgIpc) is 3.16. The molecule has 24 heavy (non-hydrogen) atoms. The molecule has 0 spiro atoms. The second-order valence-corrected chi connectivity index (χ2v) is 7.06. The number of carboxylic acid groups (broad SMARTS) is 1. The Hall–Kier alpha value is -2.22. The maximum atomic E-state index is 12.4. The van der Waals surface area contributed by atoms with Gasteiger partial charge in [0.2, 0.25) is 5.91 Å². The Morgan fingerprint density at radius 1 is 1.33 bits per heavy atom. The molecule has 7 nitrogen and oxygen atoms in total. The van der Waals surface area contributed by atoms with Gasteiger partial charge in [-0.05, 0) is 30.5 Å². The largest absolute Gasteiger partial charge is 0.476 e. The van der Waals surface area contributed by atoms with Crippen molar-refractivity contribution in [3.63, 3.8) is 0 Å². The number of hydrogen-bond donors (Lipinski definition) is 1. The monoisotopic (exact) mass is 392 g/mol. The number of rotatable bonds is 6. The number of halogens is 1. The Balaban J connectivity index is 1.63. The number of benzene rings is 1. The Morgan fingerprint density at radius 3 is 2.54 bits per heavy atom. The topological polar surface area (TPSA) is 88.3 Å². The molecule has 8 heteroatoms. The number of nitrogens with zero attached hydrogens (tertiary/aromatic N) is 4. The van der Waals surface area contributed by atoms with Gasteiger partial charge in [0.05, 0.1) is 6.20 Å². The molecule has 1 aromatic carbocycles. The van der Waals surface area contributed by atoms with Crippen LogP contribution in [0.5, 0.6) is 0 Å². The number of likely N-dealkylation sites (N-methyl/N-ethyl adjacent to an activating group) is 1. The molecule has 1 heterocycles. The van der Waals surface area contributed by atoms with Crippen molar-refractivity contribution < 1.29 is 14.7 Å². The zero-order valence-electron chi connectivity index (χ0n) is 13.1. The van der Waals surface area contributed by atoms with Gasteiger partial charge in [-0.2, -0.15) is 0 Å². The first-order valence-corrected chi connectivity index (χ1v) is 8.32. The van der Waals surface area contributed by atoms with Crippen molar-refractivity contribution >= 4 is 27.8 Å². The summed E-state index contributed by atoms with van der Waals surface area (Å²) in [5, 5.41) is 16.0. The molecule has 1 aliphatic carbocycles. The van der Waals surface area contributed by atoms with E-state index in [1.807, 2.05) is 12.1 Å². The van der Waals surface area contributed by atoms with Gasteiger partial charge in [-0.3, -0.25) is 4.79 Å². The van der Waals surface area contributed by atoms with Crippen LogP contribution in [0.1, 0.15) is 28.9 Å². The van der Waals surface area contributed by atoms with Gasteiger partial charge in [-0.15, -0.1) is 5.10 Å². The number of carbonyl (C=O) groups is 2. The van der Waals surface area contributed by atoms with E-state index in [0.29, 0.717) is 6.54 Å². The molecular weight excluding hydrogens is 376 g/mol. The van der Waals surface area contributed by atoms with Gasteiger partial charge in [0.25, 0.3) is 0 Å². The van der Waals surface area contributed by atoms with Crippen molar-refractivity contribution in [2.24, 2.45) is 0 Å². The number of carbonyl (C=O) groups excluding carboxylic acids is 1. The van der Waals surface area contributed by atoms with E-state index in [0.717, 1.165) is 17.3 Å². The van der Waals surface area contributed by atoms with Gasteiger partial charge in [0.1, 0.15) is 6.54 Å². The summed E-state index contributed by atoms with van der Waals surface area (Å²) in [4.78, 5) is 24.8. The van der Waals surface area contributed by atoms with Crippen LogP contribution in [-0.2, 0) is 16.8 Å². The minimum atomic E-state index is -1.16. The number of hydrogen-bond acceptors (Lipinski definition) is 4. The molecule has 1 aromatic heterocycles. The van der Waals surface area contributed by atoms with Crippen molar-refractivity contribution in [3.05, 3.63) is 46.2 Å². The van der Waals surface area contributed by atoms with E-state index in [9.17, 15) is 9.59 Å². The highest BCUT2D eigenvalue weighted by molar-refractivity contribution is 9.10. The van der Waals surface area contributed by atoms with Crippen LogP contribution in [0.3, 0.4) is 0 Å². The second-order valence-electron chi connectivity index (χ2n) is 6.14. The molecule has 0 saturated heterocycles.